The monoisotopic (exact) mass is 407 g/mol. The van der Waals surface area contributed by atoms with Gasteiger partial charge in [0.05, 0.1) is 12.1 Å². The number of nitrogens with one attached hydrogen (secondary N) is 1. The van der Waals surface area contributed by atoms with Crippen molar-refractivity contribution in [1.82, 2.24) is 5.32 Å². The number of ether oxygens (including phenoxy) is 2. The third-order valence-corrected chi connectivity index (χ3v) is 5.53. The third kappa shape index (κ3) is 6.03. The van der Waals surface area contributed by atoms with Gasteiger partial charge in [0, 0.05) is 17.6 Å². The van der Waals surface area contributed by atoms with E-state index in [1.807, 2.05) is 36.4 Å². The van der Waals surface area contributed by atoms with Gasteiger partial charge in [0.1, 0.15) is 6.61 Å². The first-order valence-corrected chi connectivity index (χ1v) is 10.4. The van der Waals surface area contributed by atoms with Gasteiger partial charge in [-0.15, -0.1) is 0 Å². The zero-order chi connectivity index (χ0) is 19.1. The molecule has 0 unspecified atom stereocenters. The molecule has 0 aromatic heterocycles. The molecule has 1 N–H and O–H groups in total. The summed E-state index contributed by atoms with van der Waals surface area (Å²) in [6.45, 7) is 1.17. The molecule has 2 aromatic carbocycles. The smallest absolute Gasteiger partial charge is 0.180 e. The Bertz CT molecular complexity index is 743. The second kappa shape index (κ2) is 10.2. The van der Waals surface area contributed by atoms with Crippen LogP contribution in [0.2, 0.25) is 10.0 Å². The summed E-state index contributed by atoms with van der Waals surface area (Å²) in [5.74, 6) is 1.22. The van der Waals surface area contributed by atoms with Crippen LogP contribution >= 0.6 is 23.2 Å². The molecule has 1 saturated carbocycles. The Morgan fingerprint density at radius 3 is 2.48 bits per heavy atom. The van der Waals surface area contributed by atoms with Crippen LogP contribution in [0.15, 0.2) is 36.4 Å². The molecule has 5 heteroatoms. The van der Waals surface area contributed by atoms with E-state index in [1.165, 1.54) is 38.5 Å². The van der Waals surface area contributed by atoms with Gasteiger partial charge in [-0.1, -0.05) is 61.0 Å². The summed E-state index contributed by atoms with van der Waals surface area (Å²) in [5, 5.41) is 4.92. The van der Waals surface area contributed by atoms with Crippen LogP contribution in [0.3, 0.4) is 0 Å². The molecule has 3 nitrogen and oxygen atoms in total. The Morgan fingerprint density at radius 1 is 1.00 bits per heavy atom. The lowest BCUT2D eigenvalue weighted by Crippen LogP contribution is -2.27. The van der Waals surface area contributed by atoms with Crippen molar-refractivity contribution in [2.24, 2.45) is 0 Å². The van der Waals surface area contributed by atoms with Crippen molar-refractivity contribution in [3.63, 3.8) is 0 Å². The SMILES string of the molecule is COc1cc(CNC2CCCCCC2)cc(Cl)c1OCc1cccc(Cl)c1. The Balaban J connectivity index is 1.65. The summed E-state index contributed by atoms with van der Waals surface area (Å²) in [5.41, 5.74) is 2.09. The highest BCUT2D eigenvalue weighted by molar-refractivity contribution is 6.32. The van der Waals surface area contributed by atoms with Gasteiger partial charge < -0.3 is 14.8 Å². The van der Waals surface area contributed by atoms with E-state index in [4.69, 9.17) is 32.7 Å². The topological polar surface area (TPSA) is 30.5 Å². The van der Waals surface area contributed by atoms with E-state index in [1.54, 1.807) is 7.11 Å². The van der Waals surface area contributed by atoms with Crippen LogP contribution in [0.25, 0.3) is 0 Å². The van der Waals surface area contributed by atoms with Gasteiger partial charge in [-0.25, -0.2) is 0 Å². The molecular formula is C22H27Cl2NO2. The zero-order valence-electron chi connectivity index (χ0n) is 15.8. The molecule has 0 aliphatic heterocycles. The quantitative estimate of drug-likeness (QED) is 0.538. The van der Waals surface area contributed by atoms with Crippen LogP contribution in [-0.2, 0) is 13.2 Å². The molecule has 0 spiro atoms. The predicted molar refractivity (Wildman–Crippen MR) is 112 cm³/mol. The molecule has 0 saturated heterocycles. The number of hydrogen-bond donors (Lipinski definition) is 1. The lowest BCUT2D eigenvalue weighted by molar-refractivity contribution is 0.284. The van der Waals surface area contributed by atoms with Crippen LogP contribution < -0.4 is 14.8 Å². The van der Waals surface area contributed by atoms with Crippen molar-refractivity contribution < 1.29 is 9.47 Å². The van der Waals surface area contributed by atoms with Gasteiger partial charge in [-0.2, -0.15) is 0 Å². The van der Waals surface area contributed by atoms with Gasteiger partial charge >= 0.3 is 0 Å². The molecule has 1 fully saturated rings. The van der Waals surface area contributed by atoms with Crippen molar-refractivity contribution >= 4 is 23.2 Å². The van der Waals surface area contributed by atoms with E-state index in [9.17, 15) is 0 Å². The van der Waals surface area contributed by atoms with Crippen LogP contribution in [-0.4, -0.2) is 13.2 Å². The molecule has 0 bridgehead atoms. The van der Waals surface area contributed by atoms with Crippen molar-refractivity contribution in [1.29, 1.82) is 0 Å². The number of benzene rings is 2. The predicted octanol–water partition coefficient (Wildman–Crippen LogP) is 6.39. The van der Waals surface area contributed by atoms with Crippen molar-refractivity contribution in [3.8, 4) is 11.5 Å². The molecule has 0 atom stereocenters. The lowest BCUT2D eigenvalue weighted by atomic mass is 10.1. The Kier molecular flexibility index (Phi) is 7.69. The number of hydrogen-bond acceptors (Lipinski definition) is 3. The molecule has 1 aliphatic carbocycles. The van der Waals surface area contributed by atoms with Crippen molar-refractivity contribution in [2.45, 2.75) is 57.7 Å². The first-order valence-electron chi connectivity index (χ1n) is 9.63. The minimum atomic E-state index is 0.385. The molecule has 3 rings (SSSR count). The summed E-state index contributed by atoms with van der Waals surface area (Å²) >= 11 is 12.5. The zero-order valence-corrected chi connectivity index (χ0v) is 17.3. The molecule has 0 heterocycles. The summed E-state index contributed by atoms with van der Waals surface area (Å²) in [7, 11) is 1.64. The minimum Gasteiger partial charge on any atom is -0.493 e. The Hall–Kier alpha value is -1.42. The number of methoxy groups -OCH3 is 1. The van der Waals surface area contributed by atoms with Crippen molar-refractivity contribution in [2.75, 3.05) is 7.11 Å². The number of rotatable bonds is 7. The molecule has 2 aromatic rings. The molecule has 0 radical (unpaired) electrons. The average molecular weight is 408 g/mol. The van der Waals surface area contributed by atoms with Gasteiger partial charge in [-0.3, -0.25) is 0 Å². The highest BCUT2D eigenvalue weighted by atomic mass is 35.5. The maximum Gasteiger partial charge on any atom is 0.180 e. The maximum atomic E-state index is 6.50. The third-order valence-electron chi connectivity index (χ3n) is 5.01. The average Bonchev–Trinajstić information content (AvgIpc) is 2.94. The maximum absolute atomic E-state index is 6.50. The standard InChI is InChI=1S/C22H27Cl2NO2/c1-26-21-13-17(14-25-19-9-4-2-3-5-10-19)12-20(24)22(21)27-15-16-7-6-8-18(23)11-16/h6-8,11-13,19,25H,2-5,9-10,14-15H2,1H3. The van der Waals surface area contributed by atoms with Crippen LogP contribution in [0, 0.1) is 0 Å². The largest absolute Gasteiger partial charge is 0.493 e. The summed E-state index contributed by atoms with van der Waals surface area (Å²) in [6, 6.07) is 12.2. The molecular weight excluding hydrogens is 381 g/mol. The lowest BCUT2D eigenvalue weighted by Gasteiger charge is -2.18. The highest BCUT2D eigenvalue weighted by Crippen LogP contribution is 2.37. The molecule has 0 amide bonds. The van der Waals surface area contributed by atoms with Gasteiger partial charge in [0.15, 0.2) is 11.5 Å². The molecule has 1 aliphatic rings. The highest BCUT2D eigenvalue weighted by Gasteiger charge is 2.15. The minimum absolute atomic E-state index is 0.385. The molecule has 27 heavy (non-hydrogen) atoms. The second-order valence-corrected chi connectivity index (χ2v) is 7.94. The van der Waals surface area contributed by atoms with Gasteiger partial charge in [0.25, 0.3) is 0 Å². The Morgan fingerprint density at radius 2 is 1.78 bits per heavy atom. The normalized spacial score (nSPS) is 15.4. The van der Waals surface area contributed by atoms with Crippen LogP contribution in [0.5, 0.6) is 11.5 Å². The van der Waals surface area contributed by atoms with E-state index in [0.29, 0.717) is 34.2 Å². The first kappa shape index (κ1) is 20.3. The van der Waals surface area contributed by atoms with E-state index in [-0.39, 0.29) is 0 Å². The van der Waals surface area contributed by atoms with E-state index in [0.717, 1.165) is 17.7 Å². The summed E-state index contributed by atoms with van der Waals surface area (Å²) < 4.78 is 11.5. The van der Waals surface area contributed by atoms with Gasteiger partial charge in [-0.05, 0) is 48.2 Å². The fourth-order valence-electron chi connectivity index (χ4n) is 3.54. The Labute approximate surface area is 172 Å². The van der Waals surface area contributed by atoms with Crippen molar-refractivity contribution in [3.05, 3.63) is 57.6 Å². The second-order valence-electron chi connectivity index (χ2n) is 7.10. The first-order chi connectivity index (χ1) is 13.2. The van der Waals surface area contributed by atoms with Crippen LogP contribution in [0.1, 0.15) is 49.7 Å². The summed E-state index contributed by atoms with van der Waals surface area (Å²) in [6.07, 6.45) is 7.86. The van der Waals surface area contributed by atoms with E-state index in [2.05, 4.69) is 5.32 Å². The molecule has 146 valence electrons. The number of halogens is 2. The fourth-order valence-corrected chi connectivity index (χ4v) is 4.04. The van der Waals surface area contributed by atoms with Crippen LogP contribution in [0.4, 0.5) is 0 Å². The van der Waals surface area contributed by atoms with Gasteiger partial charge in [0.2, 0.25) is 0 Å². The van der Waals surface area contributed by atoms with E-state index < -0.39 is 0 Å². The summed E-state index contributed by atoms with van der Waals surface area (Å²) in [4.78, 5) is 0. The van der Waals surface area contributed by atoms with E-state index >= 15 is 0 Å². The fraction of sp³-hybridized carbons (Fsp3) is 0.455.